The zero-order valence-corrected chi connectivity index (χ0v) is 10.3. The lowest BCUT2D eigenvalue weighted by Gasteiger charge is -1.95. The van der Waals surface area contributed by atoms with Crippen molar-refractivity contribution in [1.29, 1.82) is 0 Å². The van der Waals surface area contributed by atoms with Crippen LogP contribution in [0.3, 0.4) is 0 Å². The number of fused-ring (bicyclic) bond motifs is 1. The van der Waals surface area contributed by atoms with E-state index in [9.17, 15) is 0 Å². The highest BCUT2D eigenvalue weighted by atomic mass is 79.9. The predicted molar refractivity (Wildman–Crippen MR) is 69.4 cm³/mol. The van der Waals surface area contributed by atoms with Crippen molar-refractivity contribution in [1.82, 2.24) is 9.97 Å². The number of aromatic nitrogens is 2. The normalized spacial score (nSPS) is 10.9. The molecule has 2 heterocycles. The quantitative estimate of drug-likeness (QED) is 0.747. The standard InChI is InChI=1S/C12H8BrN3O/c13-8-1-2-11-10(4-8)16-12(17-11)7-3-9(14)6-15-5-7/h1-6H,14H2. The molecular formula is C12H8BrN3O. The molecule has 2 N–H and O–H groups in total. The number of pyridine rings is 1. The highest BCUT2D eigenvalue weighted by molar-refractivity contribution is 9.10. The Hall–Kier alpha value is -1.88. The molecular weight excluding hydrogens is 282 g/mol. The molecule has 17 heavy (non-hydrogen) atoms. The van der Waals surface area contributed by atoms with E-state index in [4.69, 9.17) is 10.2 Å². The molecule has 0 saturated carbocycles. The summed E-state index contributed by atoms with van der Waals surface area (Å²) in [7, 11) is 0. The summed E-state index contributed by atoms with van der Waals surface area (Å²) in [5.74, 6) is 0.526. The summed E-state index contributed by atoms with van der Waals surface area (Å²) in [6.07, 6.45) is 3.26. The van der Waals surface area contributed by atoms with Crippen LogP contribution in [0.25, 0.3) is 22.6 Å². The van der Waals surface area contributed by atoms with E-state index in [1.165, 1.54) is 0 Å². The van der Waals surface area contributed by atoms with Crippen LogP contribution in [0.2, 0.25) is 0 Å². The number of halogens is 1. The molecule has 3 aromatic rings. The average molecular weight is 290 g/mol. The third kappa shape index (κ3) is 1.89. The molecule has 0 spiro atoms. The molecule has 0 aliphatic heterocycles. The van der Waals surface area contributed by atoms with Gasteiger partial charge in [0.15, 0.2) is 5.58 Å². The molecule has 1 aromatic carbocycles. The lowest BCUT2D eigenvalue weighted by molar-refractivity contribution is 0.619. The van der Waals surface area contributed by atoms with Gasteiger partial charge in [-0.25, -0.2) is 4.98 Å². The second kappa shape index (κ2) is 3.85. The van der Waals surface area contributed by atoms with E-state index in [1.54, 1.807) is 18.5 Å². The van der Waals surface area contributed by atoms with Crippen LogP contribution in [0.5, 0.6) is 0 Å². The van der Waals surface area contributed by atoms with Crippen LogP contribution in [-0.2, 0) is 0 Å². The molecule has 0 bridgehead atoms. The molecule has 0 atom stereocenters. The summed E-state index contributed by atoms with van der Waals surface area (Å²) in [4.78, 5) is 8.41. The van der Waals surface area contributed by atoms with Crippen LogP contribution in [0.1, 0.15) is 0 Å². The molecule has 4 nitrogen and oxygen atoms in total. The lowest BCUT2D eigenvalue weighted by atomic mass is 10.2. The second-order valence-corrected chi connectivity index (χ2v) is 4.55. The molecule has 0 fully saturated rings. The minimum absolute atomic E-state index is 0.526. The van der Waals surface area contributed by atoms with Gasteiger partial charge in [-0.05, 0) is 24.3 Å². The second-order valence-electron chi connectivity index (χ2n) is 3.64. The fourth-order valence-electron chi connectivity index (χ4n) is 1.60. The monoisotopic (exact) mass is 289 g/mol. The topological polar surface area (TPSA) is 64.9 Å². The van der Waals surface area contributed by atoms with E-state index < -0.39 is 0 Å². The van der Waals surface area contributed by atoms with E-state index in [1.807, 2.05) is 18.2 Å². The smallest absolute Gasteiger partial charge is 0.228 e. The number of rotatable bonds is 1. The van der Waals surface area contributed by atoms with Gasteiger partial charge in [0.05, 0.1) is 11.3 Å². The van der Waals surface area contributed by atoms with Gasteiger partial charge in [-0.3, -0.25) is 4.98 Å². The van der Waals surface area contributed by atoms with Crippen molar-refractivity contribution >= 4 is 32.7 Å². The van der Waals surface area contributed by atoms with Crippen molar-refractivity contribution in [3.63, 3.8) is 0 Å². The zero-order chi connectivity index (χ0) is 11.8. The number of oxazole rings is 1. The Morgan fingerprint density at radius 3 is 2.88 bits per heavy atom. The van der Waals surface area contributed by atoms with Gasteiger partial charge < -0.3 is 10.2 Å². The number of anilines is 1. The van der Waals surface area contributed by atoms with Crippen molar-refractivity contribution in [3.05, 3.63) is 41.1 Å². The van der Waals surface area contributed by atoms with Gasteiger partial charge in [-0.15, -0.1) is 0 Å². The highest BCUT2D eigenvalue weighted by Gasteiger charge is 2.08. The van der Waals surface area contributed by atoms with Crippen molar-refractivity contribution < 1.29 is 4.42 Å². The molecule has 0 aliphatic rings. The summed E-state index contributed by atoms with van der Waals surface area (Å²) < 4.78 is 6.60. The molecule has 5 heteroatoms. The first-order valence-electron chi connectivity index (χ1n) is 4.99. The van der Waals surface area contributed by atoms with Crippen LogP contribution >= 0.6 is 15.9 Å². The molecule has 0 unspecified atom stereocenters. The van der Waals surface area contributed by atoms with Crippen molar-refractivity contribution in [2.24, 2.45) is 0 Å². The van der Waals surface area contributed by atoms with Gasteiger partial charge in [0.1, 0.15) is 5.52 Å². The van der Waals surface area contributed by atoms with E-state index >= 15 is 0 Å². The number of nitrogen functional groups attached to an aromatic ring is 1. The average Bonchev–Trinajstić information content (AvgIpc) is 2.72. The van der Waals surface area contributed by atoms with Gasteiger partial charge in [-0.1, -0.05) is 15.9 Å². The van der Waals surface area contributed by atoms with Crippen molar-refractivity contribution in [2.75, 3.05) is 5.73 Å². The van der Waals surface area contributed by atoms with E-state index in [0.717, 1.165) is 21.1 Å². The number of hydrogen-bond acceptors (Lipinski definition) is 4. The third-order valence-electron chi connectivity index (χ3n) is 2.36. The Labute approximate surface area is 106 Å². The maximum absolute atomic E-state index is 5.67. The molecule has 2 aromatic heterocycles. The Bertz CT molecular complexity index is 693. The van der Waals surface area contributed by atoms with Crippen molar-refractivity contribution in [3.8, 4) is 11.5 Å². The SMILES string of the molecule is Nc1cncc(-c2nc3cc(Br)ccc3o2)c1. The van der Waals surface area contributed by atoms with E-state index in [0.29, 0.717) is 11.6 Å². The first-order chi connectivity index (χ1) is 8.22. The Morgan fingerprint density at radius 1 is 1.18 bits per heavy atom. The van der Waals surface area contributed by atoms with Gasteiger partial charge in [0.2, 0.25) is 5.89 Å². The van der Waals surface area contributed by atoms with Gasteiger partial charge in [-0.2, -0.15) is 0 Å². The maximum Gasteiger partial charge on any atom is 0.228 e. The van der Waals surface area contributed by atoms with E-state index in [-0.39, 0.29) is 0 Å². The minimum atomic E-state index is 0.526. The van der Waals surface area contributed by atoms with Gasteiger partial charge in [0, 0.05) is 16.9 Å². The summed E-state index contributed by atoms with van der Waals surface area (Å²) in [6.45, 7) is 0. The van der Waals surface area contributed by atoms with Crippen LogP contribution < -0.4 is 5.73 Å². The molecule has 0 amide bonds. The lowest BCUT2D eigenvalue weighted by Crippen LogP contribution is -1.87. The Kier molecular flexibility index (Phi) is 2.33. The van der Waals surface area contributed by atoms with Crippen molar-refractivity contribution in [2.45, 2.75) is 0 Å². The van der Waals surface area contributed by atoms with Crippen LogP contribution in [0.15, 0.2) is 45.5 Å². The summed E-state index contributed by atoms with van der Waals surface area (Å²) in [6, 6.07) is 7.47. The number of nitrogens with two attached hydrogens (primary N) is 1. The van der Waals surface area contributed by atoms with Gasteiger partial charge in [0.25, 0.3) is 0 Å². The van der Waals surface area contributed by atoms with Gasteiger partial charge >= 0.3 is 0 Å². The summed E-state index contributed by atoms with van der Waals surface area (Å²) in [5, 5.41) is 0. The fraction of sp³-hybridized carbons (Fsp3) is 0. The highest BCUT2D eigenvalue weighted by Crippen LogP contribution is 2.26. The summed E-state index contributed by atoms with van der Waals surface area (Å²) in [5.41, 5.74) is 8.58. The third-order valence-corrected chi connectivity index (χ3v) is 2.85. The first-order valence-corrected chi connectivity index (χ1v) is 5.79. The molecule has 0 aliphatic carbocycles. The maximum atomic E-state index is 5.67. The number of hydrogen-bond donors (Lipinski definition) is 1. The van der Waals surface area contributed by atoms with Crippen LogP contribution in [0, 0.1) is 0 Å². The van der Waals surface area contributed by atoms with Crippen LogP contribution in [0.4, 0.5) is 5.69 Å². The van der Waals surface area contributed by atoms with E-state index in [2.05, 4.69) is 25.9 Å². The minimum Gasteiger partial charge on any atom is -0.436 e. The Morgan fingerprint density at radius 2 is 2.06 bits per heavy atom. The van der Waals surface area contributed by atoms with Crippen LogP contribution in [-0.4, -0.2) is 9.97 Å². The largest absolute Gasteiger partial charge is 0.436 e. The number of nitrogens with zero attached hydrogens (tertiary/aromatic N) is 2. The molecule has 84 valence electrons. The zero-order valence-electron chi connectivity index (χ0n) is 8.72. The molecule has 0 saturated heterocycles. The molecule has 3 rings (SSSR count). The molecule has 0 radical (unpaired) electrons. The number of benzene rings is 1. The summed E-state index contributed by atoms with van der Waals surface area (Å²) >= 11 is 3.40. The first kappa shape index (κ1) is 10.3. The Balaban J connectivity index is 2.18. The predicted octanol–water partition coefficient (Wildman–Crippen LogP) is 3.23. The fourth-order valence-corrected chi connectivity index (χ4v) is 1.95.